The maximum Gasteiger partial charge on any atom is 0 e. The van der Waals surface area contributed by atoms with Gasteiger partial charge in [-0.15, -0.1) is 0 Å². The summed E-state index contributed by atoms with van der Waals surface area (Å²) in [6.45, 7) is 9.28. The van der Waals surface area contributed by atoms with E-state index in [1.807, 2.05) is 13.8 Å². The van der Waals surface area contributed by atoms with Gasteiger partial charge in [0.1, 0.15) is 0 Å². The Morgan fingerprint density at radius 1 is 1.33 bits per heavy atom. The van der Waals surface area contributed by atoms with E-state index in [4.69, 9.17) is 5.73 Å². The van der Waals surface area contributed by atoms with Crippen molar-refractivity contribution in [2.24, 2.45) is 11.7 Å². The molecule has 0 heterocycles. The molecule has 2 N–H and O–H groups in total. The van der Waals surface area contributed by atoms with Gasteiger partial charge in [-0.25, -0.2) is 0 Å². The Kier molecular flexibility index (Phi) is 14.1. The molecule has 9 heavy (non-hydrogen) atoms. The van der Waals surface area contributed by atoms with Crippen molar-refractivity contribution in [3.8, 4) is 0 Å². The molecule has 0 radical (unpaired) electrons. The van der Waals surface area contributed by atoms with Crippen molar-refractivity contribution < 1.29 is 1.43 Å². The van der Waals surface area contributed by atoms with Crippen molar-refractivity contribution in [3.05, 3.63) is 0 Å². The number of nitrogens with two attached hydrogens (primary N) is 1. The molecule has 0 aromatic rings. The van der Waals surface area contributed by atoms with E-state index in [-0.39, 0.29) is 1.43 Å². The lowest BCUT2D eigenvalue weighted by Gasteiger charge is -1.98. The fraction of sp³-hybridized carbons (Fsp3) is 1.00. The molecular weight excluding hydrogens is 110 g/mol. The highest BCUT2D eigenvalue weighted by atomic mass is 14.5. The van der Waals surface area contributed by atoms with Crippen molar-refractivity contribution in [2.75, 3.05) is 6.54 Å². The second kappa shape index (κ2) is 10.9. The summed E-state index contributed by atoms with van der Waals surface area (Å²) in [5.41, 5.74) is 5.28. The van der Waals surface area contributed by atoms with Gasteiger partial charge in [-0.05, 0) is 25.3 Å². The first kappa shape index (κ1) is 11.7. The zero-order valence-electron chi connectivity index (χ0n) is 7.28. The van der Waals surface area contributed by atoms with Crippen molar-refractivity contribution in [3.63, 3.8) is 0 Å². The summed E-state index contributed by atoms with van der Waals surface area (Å²) in [7, 11) is 0. The monoisotopic (exact) mass is 133 g/mol. The Morgan fingerprint density at radius 3 is 1.89 bits per heavy atom. The van der Waals surface area contributed by atoms with Gasteiger partial charge in [-0.3, -0.25) is 0 Å². The molecule has 0 saturated carbocycles. The fourth-order valence-corrected chi connectivity index (χ4v) is 0.526. The molecule has 0 unspecified atom stereocenters. The standard InChI is InChI=1S/C6H15N.C2H6.H2/c1-6(2)4-3-5-7;1-2;/h6H,3-5,7H2,1-2H3;1-2H3;1H. The predicted molar refractivity (Wildman–Crippen MR) is 46.6 cm³/mol. The average Bonchev–Trinajstić information content (AvgIpc) is 1.88. The van der Waals surface area contributed by atoms with Crippen molar-refractivity contribution in [2.45, 2.75) is 40.5 Å². The summed E-state index contributed by atoms with van der Waals surface area (Å²) < 4.78 is 0. The van der Waals surface area contributed by atoms with Gasteiger partial charge < -0.3 is 5.73 Å². The van der Waals surface area contributed by atoms with Crippen molar-refractivity contribution in [1.82, 2.24) is 0 Å². The predicted octanol–water partition coefficient (Wildman–Crippen LogP) is 2.65. The van der Waals surface area contributed by atoms with E-state index >= 15 is 0 Å². The number of hydrogen-bond acceptors (Lipinski definition) is 1. The van der Waals surface area contributed by atoms with Gasteiger partial charge in [0.2, 0.25) is 0 Å². The first-order chi connectivity index (χ1) is 4.27. The molecule has 0 aliphatic carbocycles. The molecule has 0 aliphatic rings. The third kappa shape index (κ3) is 18.0. The van der Waals surface area contributed by atoms with Crippen LogP contribution in [0.15, 0.2) is 0 Å². The molecule has 0 aliphatic heterocycles. The van der Waals surface area contributed by atoms with E-state index in [0.29, 0.717) is 0 Å². The third-order valence-corrected chi connectivity index (χ3v) is 0.986. The molecule has 0 bridgehead atoms. The first-order valence-electron chi connectivity index (χ1n) is 3.97. The minimum Gasteiger partial charge on any atom is -0.330 e. The molecule has 0 aromatic carbocycles. The highest BCUT2D eigenvalue weighted by molar-refractivity contribution is 4.44. The van der Waals surface area contributed by atoms with Gasteiger partial charge in [0.15, 0.2) is 0 Å². The molecule has 60 valence electrons. The van der Waals surface area contributed by atoms with Crippen LogP contribution in [-0.2, 0) is 0 Å². The molecule has 0 atom stereocenters. The summed E-state index contributed by atoms with van der Waals surface area (Å²) in [5, 5.41) is 0. The van der Waals surface area contributed by atoms with Crippen molar-refractivity contribution >= 4 is 0 Å². The first-order valence-corrected chi connectivity index (χ1v) is 3.97. The SMILES string of the molecule is CC.CC(C)CCCN.[HH]. The van der Waals surface area contributed by atoms with Crippen LogP contribution in [0.2, 0.25) is 0 Å². The van der Waals surface area contributed by atoms with Crippen LogP contribution < -0.4 is 5.73 Å². The van der Waals surface area contributed by atoms with Gasteiger partial charge in [0.25, 0.3) is 0 Å². The van der Waals surface area contributed by atoms with Crippen molar-refractivity contribution in [1.29, 1.82) is 0 Å². The Bertz CT molecular complexity index is 38.2. The summed E-state index contributed by atoms with van der Waals surface area (Å²) >= 11 is 0. The summed E-state index contributed by atoms with van der Waals surface area (Å²) in [5.74, 6) is 0.823. The molecule has 0 amide bonds. The van der Waals surface area contributed by atoms with Gasteiger partial charge in [0, 0.05) is 1.43 Å². The van der Waals surface area contributed by atoms with E-state index in [0.717, 1.165) is 12.5 Å². The minimum absolute atomic E-state index is 0. The lowest BCUT2D eigenvalue weighted by Crippen LogP contribution is -1.99. The highest BCUT2D eigenvalue weighted by Crippen LogP contribution is 2.00. The quantitative estimate of drug-likeness (QED) is 0.629. The van der Waals surface area contributed by atoms with E-state index in [1.165, 1.54) is 12.8 Å². The second-order valence-corrected chi connectivity index (χ2v) is 2.32. The molecule has 1 heteroatoms. The molecule has 0 fully saturated rings. The zero-order valence-corrected chi connectivity index (χ0v) is 7.28. The van der Waals surface area contributed by atoms with Crippen LogP contribution in [0, 0.1) is 5.92 Å². The molecular formula is C8H23N. The largest absolute Gasteiger partial charge is 0.330 e. The Labute approximate surface area is 61.1 Å². The van der Waals surface area contributed by atoms with E-state index in [9.17, 15) is 0 Å². The van der Waals surface area contributed by atoms with Gasteiger partial charge >= 0.3 is 0 Å². The highest BCUT2D eigenvalue weighted by Gasteiger charge is 1.88. The van der Waals surface area contributed by atoms with Crippen LogP contribution in [0.1, 0.15) is 42.0 Å². The van der Waals surface area contributed by atoms with Gasteiger partial charge in [-0.1, -0.05) is 27.7 Å². The molecule has 0 aromatic heterocycles. The summed E-state index contributed by atoms with van der Waals surface area (Å²) in [6.07, 6.45) is 2.45. The van der Waals surface area contributed by atoms with E-state index in [1.54, 1.807) is 0 Å². The van der Waals surface area contributed by atoms with Crippen LogP contribution in [0.25, 0.3) is 0 Å². The molecule has 0 rings (SSSR count). The lowest BCUT2D eigenvalue weighted by atomic mass is 10.1. The minimum atomic E-state index is 0. The van der Waals surface area contributed by atoms with E-state index in [2.05, 4.69) is 13.8 Å². The van der Waals surface area contributed by atoms with Crippen LogP contribution in [0.4, 0.5) is 0 Å². The number of rotatable bonds is 3. The Balaban J connectivity index is -0.000000149. The van der Waals surface area contributed by atoms with E-state index < -0.39 is 0 Å². The average molecular weight is 133 g/mol. The maximum atomic E-state index is 5.28. The van der Waals surface area contributed by atoms with Crippen LogP contribution in [-0.4, -0.2) is 6.54 Å². The Hall–Kier alpha value is -0.0400. The lowest BCUT2D eigenvalue weighted by molar-refractivity contribution is 0.561. The third-order valence-electron chi connectivity index (χ3n) is 0.986. The van der Waals surface area contributed by atoms with Gasteiger partial charge in [0.05, 0.1) is 0 Å². The Morgan fingerprint density at radius 2 is 1.78 bits per heavy atom. The normalized spacial score (nSPS) is 8.67. The molecule has 1 nitrogen and oxygen atoms in total. The number of hydrogen-bond donors (Lipinski definition) is 1. The van der Waals surface area contributed by atoms with Crippen LogP contribution >= 0.6 is 0 Å². The molecule has 0 saturated heterocycles. The second-order valence-electron chi connectivity index (χ2n) is 2.32. The topological polar surface area (TPSA) is 26.0 Å². The van der Waals surface area contributed by atoms with Crippen LogP contribution in [0.3, 0.4) is 0 Å². The van der Waals surface area contributed by atoms with Gasteiger partial charge in [-0.2, -0.15) is 0 Å². The maximum absolute atomic E-state index is 5.28. The summed E-state index contributed by atoms with van der Waals surface area (Å²) in [4.78, 5) is 0. The summed E-state index contributed by atoms with van der Waals surface area (Å²) in [6, 6.07) is 0. The fourth-order valence-electron chi connectivity index (χ4n) is 0.526. The molecule has 0 spiro atoms. The van der Waals surface area contributed by atoms with Crippen LogP contribution in [0.5, 0.6) is 0 Å². The zero-order chi connectivity index (χ0) is 7.70. The smallest absolute Gasteiger partial charge is 0 e.